The molecule has 8 nitrogen and oxygen atoms in total. The van der Waals surface area contributed by atoms with Gasteiger partial charge in [-0.3, -0.25) is 4.79 Å². The first kappa shape index (κ1) is 28.4. The van der Waals surface area contributed by atoms with Gasteiger partial charge in [0, 0.05) is 43.0 Å². The van der Waals surface area contributed by atoms with Crippen LogP contribution in [0.5, 0.6) is 0 Å². The smallest absolute Gasteiger partial charge is 0.434 e. The number of aromatic nitrogens is 2. The molecule has 2 N–H and O–H groups in total. The van der Waals surface area contributed by atoms with Crippen LogP contribution in [0, 0.1) is 41.1 Å². The zero-order valence-corrected chi connectivity index (χ0v) is 22.8. The number of nitrogens with one attached hydrogen (secondary N) is 1. The fourth-order valence-electron chi connectivity index (χ4n) is 8.79. The van der Waals surface area contributed by atoms with Crippen LogP contribution in [0.2, 0.25) is 0 Å². The monoisotopic (exact) mass is 610 g/mol. The van der Waals surface area contributed by atoms with Crippen LogP contribution in [-0.4, -0.2) is 52.2 Å². The van der Waals surface area contributed by atoms with Crippen molar-refractivity contribution in [2.75, 3.05) is 24.7 Å². The van der Waals surface area contributed by atoms with E-state index < -0.39 is 75.5 Å². The van der Waals surface area contributed by atoms with Gasteiger partial charge in [-0.25, -0.2) is 27.9 Å². The largest absolute Gasteiger partial charge is 0.479 e. The molecule has 0 unspecified atom stereocenters. The number of carboxylic acid groups (broad SMARTS) is 1. The summed E-state index contributed by atoms with van der Waals surface area (Å²) >= 11 is 0. The van der Waals surface area contributed by atoms with Gasteiger partial charge in [0.1, 0.15) is 5.54 Å². The minimum atomic E-state index is -5.16. The molecule has 4 aliphatic carbocycles. The maximum Gasteiger partial charge on any atom is 0.434 e. The summed E-state index contributed by atoms with van der Waals surface area (Å²) in [6.45, 7) is 0.185. The molecule has 230 valence electrons. The highest BCUT2D eigenvalue weighted by Crippen LogP contribution is 2.58. The molecule has 43 heavy (non-hydrogen) atoms. The van der Waals surface area contributed by atoms with Gasteiger partial charge in [0.05, 0.1) is 11.3 Å². The minimum Gasteiger partial charge on any atom is -0.479 e. The molecule has 1 amide bonds. The Balaban J connectivity index is 1.27. The Morgan fingerprint density at radius 1 is 1.00 bits per heavy atom. The van der Waals surface area contributed by atoms with Crippen molar-refractivity contribution in [3.63, 3.8) is 0 Å². The van der Waals surface area contributed by atoms with E-state index in [1.165, 1.54) is 0 Å². The van der Waals surface area contributed by atoms with E-state index in [1.54, 1.807) is 0 Å². The van der Waals surface area contributed by atoms with E-state index in [1.807, 2.05) is 0 Å². The van der Waals surface area contributed by atoms with Crippen molar-refractivity contribution < 1.29 is 45.8 Å². The molecule has 4 bridgehead atoms. The first-order valence-corrected chi connectivity index (χ1v) is 14.4. The van der Waals surface area contributed by atoms with Gasteiger partial charge in [0.25, 0.3) is 5.91 Å². The van der Waals surface area contributed by atoms with Gasteiger partial charge in [0.2, 0.25) is 5.95 Å². The number of anilines is 2. The van der Waals surface area contributed by atoms with Crippen LogP contribution in [0.15, 0.2) is 12.3 Å². The molecule has 0 radical (unpaired) electrons. The second-order valence-electron chi connectivity index (χ2n) is 12.7. The van der Waals surface area contributed by atoms with Crippen LogP contribution in [-0.2, 0) is 21.1 Å². The lowest BCUT2D eigenvalue weighted by atomic mass is 9.48. The predicted molar refractivity (Wildman–Crippen MR) is 137 cm³/mol. The zero-order valence-electron chi connectivity index (χ0n) is 22.8. The van der Waals surface area contributed by atoms with Crippen molar-refractivity contribution in [1.82, 2.24) is 15.3 Å². The Kier molecular flexibility index (Phi) is 6.29. The summed E-state index contributed by atoms with van der Waals surface area (Å²) < 4.78 is 92.5. The maximum atomic E-state index is 15.2. The van der Waals surface area contributed by atoms with E-state index in [4.69, 9.17) is 4.74 Å². The summed E-state index contributed by atoms with van der Waals surface area (Å²) in [6, 6.07) is 0.707. The number of halogens is 6. The number of alkyl halides is 3. The highest BCUT2D eigenvalue weighted by molar-refractivity contribution is 5.99. The molecule has 0 atom stereocenters. The van der Waals surface area contributed by atoms with Crippen molar-refractivity contribution >= 4 is 23.5 Å². The van der Waals surface area contributed by atoms with Gasteiger partial charge >= 0.3 is 12.1 Å². The molecule has 1 spiro atoms. The third-order valence-electron chi connectivity index (χ3n) is 10.5. The van der Waals surface area contributed by atoms with Crippen LogP contribution in [0.4, 0.5) is 38.0 Å². The molecule has 6 aliphatic rings. The molecule has 1 aromatic carbocycles. The second kappa shape index (κ2) is 9.54. The summed E-state index contributed by atoms with van der Waals surface area (Å²) in [6.07, 6.45) is -0.782. The summed E-state index contributed by atoms with van der Waals surface area (Å²) in [7, 11) is 0. The molecular formula is C29H28F6N4O4. The van der Waals surface area contributed by atoms with Crippen molar-refractivity contribution in [2.24, 2.45) is 23.7 Å². The maximum absolute atomic E-state index is 15.2. The number of carboxylic acids is 1. The molecule has 1 aromatic heterocycles. The molecule has 4 saturated carbocycles. The number of fused-ring (bicyclic) bond motifs is 2. The van der Waals surface area contributed by atoms with E-state index in [0.717, 1.165) is 11.3 Å². The third-order valence-corrected chi connectivity index (χ3v) is 10.5. The average Bonchev–Trinajstić information content (AvgIpc) is 3.25. The van der Waals surface area contributed by atoms with Crippen LogP contribution in [0.25, 0.3) is 0 Å². The number of hydrogen-bond donors (Lipinski definition) is 2. The van der Waals surface area contributed by atoms with Crippen molar-refractivity contribution in [3.05, 3.63) is 46.5 Å². The van der Waals surface area contributed by atoms with Crippen LogP contribution < -0.4 is 10.2 Å². The summed E-state index contributed by atoms with van der Waals surface area (Å²) in [5.41, 5.74) is -5.74. The van der Waals surface area contributed by atoms with Gasteiger partial charge in [-0.1, -0.05) is 0 Å². The SMILES string of the molecule is O=C(NC1(C(=O)O)C2CC3CC(C2)CC1C3)c1cnc(N2CC3(CCOCC3)c3c2cc(F)c(F)c3F)nc1C(F)(F)F. The van der Waals surface area contributed by atoms with E-state index in [9.17, 15) is 36.6 Å². The first-order valence-electron chi connectivity index (χ1n) is 14.4. The topological polar surface area (TPSA) is 105 Å². The minimum absolute atomic E-state index is 0.165. The van der Waals surface area contributed by atoms with E-state index in [-0.39, 0.29) is 43.9 Å². The van der Waals surface area contributed by atoms with Crippen LogP contribution in [0.1, 0.15) is 66.6 Å². The molecule has 2 aliphatic heterocycles. The Morgan fingerprint density at radius 2 is 1.63 bits per heavy atom. The number of ether oxygens (including phenoxy) is 1. The second-order valence-corrected chi connectivity index (χ2v) is 12.7. The molecular weight excluding hydrogens is 582 g/mol. The lowest BCUT2D eigenvalue weighted by molar-refractivity contribution is -0.163. The normalized spacial score (nSPS) is 30.5. The number of rotatable bonds is 4. The Bertz CT molecular complexity index is 1500. The van der Waals surface area contributed by atoms with Crippen LogP contribution >= 0.6 is 0 Å². The standard InChI is InChI=1S/C29H28F6N4O4/c30-18-10-19-20(22(32)21(18)31)27(1-3-43-4-2-27)12-39(19)26-36-11-17(23(37-26)29(33,34)35)24(40)38-28(25(41)42)15-6-13-5-14(8-15)9-16(28)7-13/h10-11,13-16H,1-9,12H2,(H,38,40)(H,41,42). The van der Waals surface area contributed by atoms with Gasteiger partial charge < -0.3 is 20.1 Å². The number of hydrogen-bond acceptors (Lipinski definition) is 6. The number of amides is 1. The Morgan fingerprint density at radius 3 is 2.21 bits per heavy atom. The molecule has 5 fully saturated rings. The van der Waals surface area contributed by atoms with Crippen molar-refractivity contribution in [3.8, 4) is 0 Å². The zero-order chi connectivity index (χ0) is 30.5. The van der Waals surface area contributed by atoms with Gasteiger partial charge in [-0.05, 0) is 68.6 Å². The predicted octanol–water partition coefficient (Wildman–Crippen LogP) is 5.12. The fraction of sp³-hybridized carbons (Fsp3) is 0.586. The Hall–Kier alpha value is -3.42. The molecule has 3 heterocycles. The number of benzene rings is 1. The quantitative estimate of drug-likeness (QED) is 0.366. The summed E-state index contributed by atoms with van der Waals surface area (Å²) in [5, 5.41) is 12.8. The third kappa shape index (κ3) is 4.15. The highest BCUT2D eigenvalue weighted by Gasteiger charge is 2.62. The van der Waals surface area contributed by atoms with E-state index in [0.29, 0.717) is 49.8 Å². The average molecular weight is 611 g/mol. The summed E-state index contributed by atoms with van der Waals surface area (Å²) in [5.74, 6) is -7.87. The fourth-order valence-corrected chi connectivity index (χ4v) is 8.79. The highest BCUT2D eigenvalue weighted by atomic mass is 19.4. The van der Waals surface area contributed by atoms with Crippen molar-refractivity contribution in [1.29, 1.82) is 0 Å². The molecule has 14 heteroatoms. The van der Waals surface area contributed by atoms with Gasteiger partial charge in [-0.15, -0.1) is 0 Å². The molecule has 8 rings (SSSR count). The summed E-state index contributed by atoms with van der Waals surface area (Å²) in [4.78, 5) is 34.9. The van der Waals surface area contributed by atoms with E-state index in [2.05, 4.69) is 15.3 Å². The first-order chi connectivity index (χ1) is 20.3. The van der Waals surface area contributed by atoms with Crippen molar-refractivity contribution in [2.45, 2.75) is 62.1 Å². The number of carbonyl (C=O) groups is 2. The molecule has 2 aromatic rings. The lowest BCUT2D eigenvalue weighted by Crippen LogP contribution is -2.70. The van der Waals surface area contributed by atoms with Gasteiger partial charge in [-0.2, -0.15) is 13.2 Å². The number of aliphatic carboxylic acids is 1. The lowest BCUT2D eigenvalue weighted by Gasteiger charge is -2.59. The number of nitrogens with zero attached hydrogens (tertiary/aromatic N) is 3. The Labute approximate surface area is 241 Å². The van der Waals surface area contributed by atoms with Crippen LogP contribution in [0.3, 0.4) is 0 Å². The van der Waals surface area contributed by atoms with E-state index >= 15 is 4.39 Å². The number of carbonyl (C=O) groups excluding carboxylic acids is 1. The van der Waals surface area contributed by atoms with Gasteiger partial charge in [0.15, 0.2) is 23.1 Å². The molecule has 1 saturated heterocycles.